The predicted molar refractivity (Wildman–Crippen MR) is 86.8 cm³/mol. The fourth-order valence-corrected chi connectivity index (χ4v) is 2.86. The molecule has 0 radical (unpaired) electrons. The molecule has 1 unspecified atom stereocenters. The van der Waals surface area contributed by atoms with Crippen LogP contribution in [-0.4, -0.2) is 30.5 Å². The van der Waals surface area contributed by atoms with Gasteiger partial charge in [0.05, 0.1) is 24.3 Å². The minimum absolute atomic E-state index is 0.00185. The van der Waals surface area contributed by atoms with Crippen LogP contribution in [0.1, 0.15) is 27.0 Å². The van der Waals surface area contributed by atoms with Crippen LogP contribution in [0.3, 0.4) is 0 Å². The van der Waals surface area contributed by atoms with Crippen molar-refractivity contribution in [3.05, 3.63) is 70.8 Å². The molecule has 0 aromatic heterocycles. The van der Waals surface area contributed by atoms with Gasteiger partial charge in [0.25, 0.3) is 5.91 Å². The number of carbonyl (C=O) groups excluding carboxylic acids is 1. The van der Waals surface area contributed by atoms with E-state index < -0.39 is 0 Å². The molecule has 116 valence electrons. The summed E-state index contributed by atoms with van der Waals surface area (Å²) in [6.45, 7) is 1.12. The molecule has 0 fully saturated rings. The Morgan fingerprint density at radius 1 is 1.26 bits per heavy atom. The first kappa shape index (κ1) is 15.3. The topological polar surface area (TPSA) is 53.3 Å². The number of rotatable bonds is 3. The van der Waals surface area contributed by atoms with Crippen molar-refractivity contribution in [3.63, 3.8) is 0 Å². The lowest BCUT2D eigenvalue weighted by Gasteiger charge is -2.29. The molecule has 0 N–H and O–H groups in total. The van der Waals surface area contributed by atoms with Crippen molar-refractivity contribution in [2.45, 2.75) is 19.1 Å². The summed E-state index contributed by atoms with van der Waals surface area (Å²) in [5.74, 6) is -0.0930. The van der Waals surface area contributed by atoms with E-state index in [4.69, 9.17) is 10.00 Å². The summed E-state index contributed by atoms with van der Waals surface area (Å²) >= 11 is 0. The molecule has 2 aromatic rings. The van der Waals surface area contributed by atoms with Gasteiger partial charge in [0, 0.05) is 25.6 Å². The minimum Gasteiger partial charge on any atom is -0.371 e. The summed E-state index contributed by atoms with van der Waals surface area (Å²) in [5.41, 5.74) is 3.53. The van der Waals surface area contributed by atoms with Crippen LogP contribution in [0.15, 0.2) is 48.5 Å². The maximum atomic E-state index is 12.5. The van der Waals surface area contributed by atoms with E-state index in [1.165, 1.54) is 11.1 Å². The number of ether oxygens (including phenoxy) is 1. The Bertz CT molecular complexity index is 764. The molecule has 23 heavy (non-hydrogen) atoms. The van der Waals surface area contributed by atoms with Gasteiger partial charge in [-0.2, -0.15) is 5.26 Å². The molecular weight excluding hydrogens is 288 g/mol. The van der Waals surface area contributed by atoms with Crippen LogP contribution in [0.4, 0.5) is 0 Å². The van der Waals surface area contributed by atoms with Gasteiger partial charge in [0.2, 0.25) is 0 Å². The molecule has 1 amide bonds. The quantitative estimate of drug-likeness (QED) is 0.876. The van der Waals surface area contributed by atoms with E-state index in [9.17, 15) is 4.79 Å². The lowest BCUT2D eigenvalue weighted by molar-refractivity contribution is 0.00985. The van der Waals surface area contributed by atoms with Crippen molar-refractivity contribution in [3.8, 4) is 6.07 Å². The van der Waals surface area contributed by atoms with Gasteiger partial charge in [-0.05, 0) is 29.3 Å². The predicted octanol–water partition coefficient (Wildman–Crippen LogP) is 2.77. The molecule has 0 aliphatic carbocycles. The number of fused-ring (bicyclic) bond motifs is 1. The third kappa shape index (κ3) is 3.41. The molecule has 0 bridgehead atoms. The fraction of sp³-hybridized carbons (Fsp3) is 0.263. The van der Waals surface area contributed by atoms with Gasteiger partial charge >= 0.3 is 0 Å². The summed E-state index contributed by atoms with van der Waals surface area (Å²) in [7, 11) is 1.77. The number of amides is 1. The van der Waals surface area contributed by atoms with Crippen LogP contribution >= 0.6 is 0 Å². The van der Waals surface area contributed by atoms with Crippen LogP contribution in [0, 0.1) is 11.3 Å². The zero-order valence-corrected chi connectivity index (χ0v) is 13.0. The fourth-order valence-electron chi connectivity index (χ4n) is 2.86. The molecule has 0 saturated heterocycles. The number of nitrogens with zero attached hydrogens (tertiary/aromatic N) is 2. The first-order chi connectivity index (χ1) is 11.2. The van der Waals surface area contributed by atoms with Gasteiger partial charge < -0.3 is 9.64 Å². The summed E-state index contributed by atoms with van der Waals surface area (Å²) in [4.78, 5) is 14.2. The summed E-state index contributed by atoms with van der Waals surface area (Å²) in [5, 5.41) is 8.94. The van der Waals surface area contributed by atoms with E-state index in [-0.39, 0.29) is 12.0 Å². The van der Waals surface area contributed by atoms with Crippen molar-refractivity contribution < 1.29 is 9.53 Å². The number of carbonyl (C=O) groups is 1. The highest BCUT2D eigenvalue weighted by Gasteiger charge is 2.22. The van der Waals surface area contributed by atoms with Crippen molar-refractivity contribution in [2.24, 2.45) is 0 Å². The van der Waals surface area contributed by atoms with Crippen LogP contribution < -0.4 is 0 Å². The number of likely N-dealkylation sites (N-methyl/N-ethyl adjacent to an activating group) is 1. The van der Waals surface area contributed by atoms with E-state index in [1.807, 2.05) is 12.1 Å². The average Bonchev–Trinajstić information content (AvgIpc) is 2.61. The van der Waals surface area contributed by atoms with Crippen LogP contribution in [0.2, 0.25) is 0 Å². The Morgan fingerprint density at radius 2 is 2.04 bits per heavy atom. The van der Waals surface area contributed by atoms with Crippen LogP contribution in [0.25, 0.3) is 0 Å². The Balaban J connectivity index is 1.66. The van der Waals surface area contributed by atoms with Crippen molar-refractivity contribution >= 4 is 5.91 Å². The molecule has 1 aliphatic rings. The van der Waals surface area contributed by atoms with Gasteiger partial charge in [-0.15, -0.1) is 0 Å². The zero-order chi connectivity index (χ0) is 16.2. The van der Waals surface area contributed by atoms with Gasteiger partial charge in [-0.1, -0.05) is 30.3 Å². The second-order valence-corrected chi connectivity index (χ2v) is 5.78. The molecule has 0 spiro atoms. The van der Waals surface area contributed by atoms with E-state index in [2.05, 4.69) is 18.2 Å². The second kappa shape index (κ2) is 6.64. The third-order valence-corrected chi connectivity index (χ3v) is 4.10. The van der Waals surface area contributed by atoms with Gasteiger partial charge in [-0.25, -0.2) is 0 Å². The van der Waals surface area contributed by atoms with Crippen molar-refractivity contribution in [1.29, 1.82) is 5.26 Å². The number of hydrogen-bond acceptors (Lipinski definition) is 3. The SMILES string of the molecule is CN(CC1Cc2ccccc2CO1)C(=O)c1cccc(C#N)c1. The summed E-state index contributed by atoms with van der Waals surface area (Å²) in [6, 6.07) is 17.1. The van der Waals surface area contributed by atoms with Crippen LogP contribution in [-0.2, 0) is 17.8 Å². The average molecular weight is 306 g/mol. The molecule has 1 heterocycles. The Kier molecular flexibility index (Phi) is 4.40. The third-order valence-electron chi connectivity index (χ3n) is 4.10. The van der Waals surface area contributed by atoms with Gasteiger partial charge in [0.15, 0.2) is 0 Å². The van der Waals surface area contributed by atoms with Crippen molar-refractivity contribution in [2.75, 3.05) is 13.6 Å². The maximum absolute atomic E-state index is 12.5. The van der Waals surface area contributed by atoms with Gasteiger partial charge in [-0.3, -0.25) is 4.79 Å². The minimum atomic E-state index is -0.0930. The molecule has 4 heteroatoms. The molecule has 2 aromatic carbocycles. The molecule has 1 atom stereocenters. The molecule has 1 aliphatic heterocycles. The Morgan fingerprint density at radius 3 is 2.83 bits per heavy atom. The highest BCUT2D eigenvalue weighted by atomic mass is 16.5. The number of hydrogen-bond donors (Lipinski definition) is 0. The highest BCUT2D eigenvalue weighted by Crippen LogP contribution is 2.21. The monoisotopic (exact) mass is 306 g/mol. The smallest absolute Gasteiger partial charge is 0.253 e. The van der Waals surface area contributed by atoms with E-state index in [0.717, 1.165) is 6.42 Å². The Labute approximate surface area is 135 Å². The zero-order valence-electron chi connectivity index (χ0n) is 13.0. The van der Waals surface area contributed by atoms with Gasteiger partial charge in [0.1, 0.15) is 0 Å². The Hall–Kier alpha value is -2.64. The maximum Gasteiger partial charge on any atom is 0.253 e. The van der Waals surface area contributed by atoms with Crippen LogP contribution in [0.5, 0.6) is 0 Å². The second-order valence-electron chi connectivity index (χ2n) is 5.78. The number of benzene rings is 2. The molecular formula is C19H18N2O2. The summed E-state index contributed by atoms with van der Waals surface area (Å²) in [6.07, 6.45) is 0.810. The van der Waals surface area contributed by atoms with E-state index in [1.54, 1.807) is 36.2 Å². The number of nitriles is 1. The normalized spacial score (nSPS) is 16.3. The van der Waals surface area contributed by atoms with Crippen molar-refractivity contribution in [1.82, 2.24) is 4.90 Å². The lowest BCUT2D eigenvalue weighted by atomic mass is 9.99. The van der Waals surface area contributed by atoms with E-state index >= 15 is 0 Å². The lowest BCUT2D eigenvalue weighted by Crippen LogP contribution is -2.38. The standard InChI is InChI=1S/C19H18N2O2/c1-21(19(22)16-8-4-5-14(9-16)11-20)12-18-10-15-6-2-3-7-17(15)13-23-18/h2-9,18H,10,12-13H2,1H3. The molecule has 0 saturated carbocycles. The van der Waals surface area contributed by atoms with E-state index in [0.29, 0.717) is 24.3 Å². The largest absolute Gasteiger partial charge is 0.371 e. The molecule has 4 nitrogen and oxygen atoms in total. The molecule has 3 rings (SSSR count). The first-order valence-electron chi connectivity index (χ1n) is 7.61. The summed E-state index contributed by atoms with van der Waals surface area (Å²) < 4.78 is 5.86. The first-order valence-corrected chi connectivity index (χ1v) is 7.61. The highest BCUT2D eigenvalue weighted by molar-refractivity contribution is 5.94.